The minimum absolute atomic E-state index is 0.0818. The molecule has 4 rings (SSSR count). The van der Waals surface area contributed by atoms with Crippen molar-refractivity contribution < 1.29 is 4.92 Å². The molecule has 1 aromatic carbocycles. The van der Waals surface area contributed by atoms with Gasteiger partial charge in [0.05, 0.1) is 10.4 Å². The molecular weight excluding hydrogens is 356 g/mol. The lowest BCUT2D eigenvalue weighted by Gasteiger charge is -2.33. The van der Waals surface area contributed by atoms with E-state index in [0.717, 1.165) is 60.6 Å². The third kappa shape index (κ3) is 3.85. The first-order valence-corrected chi connectivity index (χ1v) is 9.50. The molecule has 0 unspecified atom stereocenters. The number of pyridine rings is 1. The van der Waals surface area contributed by atoms with E-state index in [1.54, 1.807) is 18.5 Å². The van der Waals surface area contributed by atoms with Gasteiger partial charge in [0, 0.05) is 48.4 Å². The first-order valence-electron chi connectivity index (χ1n) is 9.50. The second kappa shape index (κ2) is 7.75. The van der Waals surface area contributed by atoms with Crippen LogP contribution in [0.4, 0.5) is 17.3 Å². The molecule has 0 bridgehead atoms. The van der Waals surface area contributed by atoms with Crippen LogP contribution in [0.1, 0.15) is 25.5 Å². The van der Waals surface area contributed by atoms with Crippen LogP contribution in [0.25, 0.3) is 10.9 Å². The maximum absolute atomic E-state index is 10.9. The lowest BCUT2D eigenvalue weighted by molar-refractivity contribution is -0.384. The molecule has 3 aromatic rings. The van der Waals surface area contributed by atoms with Crippen molar-refractivity contribution in [2.45, 2.75) is 32.2 Å². The van der Waals surface area contributed by atoms with Crippen LogP contribution in [-0.2, 0) is 6.42 Å². The third-order valence-corrected chi connectivity index (χ3v) is 5.13. The lowest BCUT2D eigenvalue weighted by atomic mass is 10.0. The molecule has 144 valence electrons. The normalized spacial score (nSPS) is 15.0. The van der Waals surface area contributed by atoms with Crippen LogP contribution in [0.5, 0.6) is 0 Å². The summed E-state index contributed by atoms with van der Waals surface area (Å²) in [4.78, 5) is 26.1. The highest BCUT2D eigenvalue weighted by atomic mass is 16.6. The summed E-state index contributed by atoms with van der Waals surface area (Å²) in [5.74, 6) is 1.80. The first kappa shape index (κ1) is 18.1. The Kier molecular flexibility index (Phi) is 5.01. The van der Waals surface area contributed by atoms with Crippen molar-refractivity contribution in [3.8, 4) is 0 Å². The molecule has 0 atom stereocenters. The smallest absolute Gasteiger partial charge is 0.270 e. The van der Waals surface area contributed by atoms with Crippen molar-refractivity contribution >= 4 is 28.2 Å². The van der Waals surface area contributed by atoms with E-state index in [-0.39, 0.29) is 10.6 Å². The molecule has 8 heteroatoms. The maximum Gasteiger partial charge on any atom is 0.270 e. The Morgan fingerprint density at radius 1 is 1.18 bits per heavy atom. The summed E-state index contributed by atoms with van der Waals surface area (Å²) in [5.41, 5.74) is 1.89. The zero-order valence-corrected chi connectivity index (χ0v) is 15.7. The zero-order valence-electron chi connectivity index (χ0n) is 15.7. The number of rotatable bonds is 5. The van der Waals surface area contributed by atoms with Gasteiger partial charge in [-0.2, -0.15) is 0 Å². The minimum Gasteiger partial charge on any atom is -0.367 e. The monoisotopic (exact) mass is 378 g/mol. The van der Waals surface area contributed by atoms with Gasteiger partial charge in [-0.05, 0) is 37.5 Å². The van der Waals surface area contributed by atoms with E-state index in [0.29, 0.717) is 6.04 Å². The van der Waals surface area contributed by atoms with Gasteiger partial charge in [-0.1, -0.05) is 6.92 Å². The zero-order chi connectivity index (χ0) is 19.5. The molecule has 1 saturated heterocycles. The number of non-ortho nitro benzene ring substituents is 1. The molecule has 8 nitrogen and oxygen atoms in total. The molecule has 3 heterocycles. The number of hydrogen-bond acceptors (Lipinski definition) is 7. The largest absolute Gasteiger partial charge is 0.367 e. The first-order chi connectivity index (χ1) is 13.6. The highest BCUT2D eigenvalue weighted by Gasteiger charge is 2.20. The predicted octanol–water partition coefficient (Wildman–Crippen LogP) is 3.58. The number of aryl methyl sites for hydroxylation is 1. The summed E-state index contributed by atoms with van der Waals surface area (Å²) in [6.45, 7) is 3.95. The Labute approximate surface area is 162 Å². The van der Waals surface area contributed by atoms with E-state index >= 15 is 0 Å². The molecule has 2 aromatic heterocycles. The highest BCUT2D eigenvalue weighted by Crippen LogP contribution is 2.23. The van der Waals surface area contributed by atoms with E-state index in [1.165, 1.54) is 6.07 Å². The number of nitro groups is 1. The van der Waals surface area contributed by atoms with Gasteiger partial charge in [-0.15, -0.1) is 0 Å². The van der Waals surface area contributed by atoms with Gasteiger partial charge in [-0.25, -0.2) is 15.0 Å². The van der Waals surface area contributed by atoms with Crippen LogP contribution >= 0.6 is 0 Å². The van der Waals surface area contributed by atoms with E-state index < -0.39 is 0 Å². The number of nitrogens with zero attached hydrogens (tertiary/aromatic N) is 5. The predicted molar refractivity (Wildman–Crippen MR) is 109 cm³/mol. The highest BCUT2D eigenvalue weighted by molar-refractivity contribution is 5.82. The van der Waals surface area contributed by atoms with Crippen molar-refractivity contribution in [2.75, 3.05) is 23.3 Å². The van der Waals surface area contributed by atoms with E-state index in [1.807, 2.05) is 12.1 Å². The van der Waals surface area contributed by atoms with Crippen molar-refractivity contribution in [3.05, 3.63) is 58.5 Å². The molecule has 1 aliphatic rings. The van der Waals surface area contributed by atoms with E-state index in [9.17, 15) is 10.1 Å². The van der Waals surface area contributed by atoms with Crippen LogP contribution in [0.15, 0.2) is 42.7 Å². The molecule has 1 aliphatic heterocycles. The SMILES string of the molecule is CCc1cc(N2CCC(Nc3ccc4cc([N+](=O)[O-])ccc4n3)CC2)ncn1. The van der Waals surface area contributed by atoms with Crippen molar-refractivity contribution in [2.24, 2.45) is 0 Å². The molecule has 0 radical (unpaired) electrons. The quantitative estimate of drug-likeness (QED) is 0.535. The minimum atomic E-state index is -0.388. The Bertz CT molecular complexity index is 1000. The van der Waals surface area contributed by atoms with Crippen LogP contribution in [0.3, 0.4) is 0 Å². The average molecular weight is 378 g/mol. The van der Waals surface area contributed by atoms with Gasteiger partial charge in [-0.3, -0.25) is 10.1 Å². The van der Waals surface area contributed by atoms with Crippen molar-refractivity contribution in [1.82, 2.24) is 15.0 Å². The number of aromatic nitrogens is 3. The number of anilines is 2. The lowest BCUT2D eigenvalue weighted by Crippen LogP contribution is -2.39. The summed E-state index contributed by atoms with van der Waals surface area (Å²) >= 11 is 0. The maximum atomic E-state index is 10.9. The van der Waals surface area contributed by atoms with Gasteiger partial charge in [0.15, 0.2) is 0 Å². The summed E-state index contributed by atoms with van der Waals surface area (Å²) in [6.07, 6.45) is 4.53. The molecule has 28 heavy (non-hydrogen) atoms. The second-order valence-corrected chi connectivity index (χ2v) is 6.96. The van der Waals surface area contributed by atoms with E-state index in [2.05, 4.69) is 38.2 Å². The fourth-order valence-corrected chi connectivity index (χ4v) is 3.52. The Hall–Kier alpha value is -3.29. The topological polar surface area (TPSA) is 97.1 Å². The van der Waals surface area contributed by atoms with Gasteiger partial charge in [0.1, 0.15) is 18.0 Å². The van der Waals surface area contributed by atoms with E-state index in [4.69, 9.17) is 0 Å². The summed E-state index contributed by atoms with van der Waals surface area (Å²) in [6, 6.07) is 10.9. The standard InChI is InChI=1S/C20H22N6O2/c1-2-15-12-20(22-13-21-15)25-9-7-16(8-10-25)23-19-6-3-14-11-17(26(27)28)4-5-18(14)24-19/h3-6,11-13,16H,2,7-10H2,1H3,(H,23,24). The van der Waals surface area contributed by atoms with Gasteiger partial charge >= 0.3 is 0 Å². The van der Waals surface area contributed by atoms with Gasteiger partial charge < -0.3 is 10.2 Å². The molecule has 0 spiro atoms. The second-order valence-electron chi connectivity index (χ2n) is 6.96. The van der Waals surface area contributed by atoms with Crippen LogP contribution in [-0.4, -0.2) is 39.0 Å². The van der Waals surface area contributed by atoms with Crippen LogP contribution in [0.2, 0.25) is 0 Å². The number of hydrogen-bond donors (Lipinski definition) is 1. The van der Waals surface area contributed by atoms with Gasteiger partial charge in [0.25, 0.3) is 5.69 Å². The number of nitrogens with one attached hydrogen (secondary N) is 1. The Morgan fingerprint density at radius 3 is 2.75 bits per heavy atom. The number of piperidine rings is 1. The fraction of sp³-hybridized carbons (Fsp3) is 0.350. The van der Waals surface area contributed by atoms with Crippen LogP contribution in [0, 0.1) is 10.1 Å². The van der Waals surface area contributed by atoms with Crippen molar-refractivity contribution in [1.29, 1.82) is 0 Å². The van der Waals surface area contributed by atoms with Crippen molar-refractivity contribution in [3.63, 3.8) is 0 Å². The molecule has 0 aliphatic carbocycles. The number of fused-ring (bicyclic) bond motifs is 1. The summed E-state index contributed by atoms with van der Waals surface area (Å²) < 4.78 is 0. The van der Waals surface area contributed by atoms with Crippen LogP contribution < -0.4 is 10.2 Å². The molecule has 1 N–H and O–H groups in total. The Balaban J connectivity index is 1.40. The Morgan fingerprint density at radius 2 is 2.00 bits per heavy atom. The summed E-state index contributed by atoms with van der Waals surface area (Å²) in [5, 5.41) is 15.2. The molecule has 1 fully saturated rings. The number of benzene rings is 1. The average Bonchev–Trinajstić information content (AvgIpc) is 2.74. The molecular formula is C20H22N6O2. The number of nitro benzene ring substituents is 1. The molecule has 0 amide bonds. The molecule has 0 saturated carbocycles. The fourth-order valence-electron chi connectivity index (χ4n) is 3.52. The third-order valence-electron chi connectivity index (χ3n) is 5.13. The van der Waals surface area contributed by atoms with Gasteiger partial charge in [0.2, 0.25) is 0 Å². The summed E-state index contributed by atoms with van der Waals surface area (Å²) in [7, 11) is 0.